The van der Waals surface area contributed by atoms with Gasteiger partial charge in [-0.1, -0.05) is 18.2 Å². The van der Waals surface area contributed by atoms with Crippen LogP contribution in [-0.2, 0) is 16.0 Å². The Labute approximate surface area is 136 Å². The van der Waals surface area contributed by atoms with Gasteiger partial charge in [0.1, 0.15) is 5.75 Å². The number of likely N-dealkylation sites (tertiary alicyclic amines) is 1. The van der Waals surface area contributed by atoms with E-state index in [4.69, 9.17) is 9.47 Å². The quantitative estimate of drug-likeness (QED) is 0.901. The third-order valence-electron chi connectivity index (χ3n) is 3.93. The van der Waals surface area contributed by atoms with Crippen LogP contribution in [0, 0.1) is 0 Å². The number of methoxy groups -OCH3 is 1. The van der Waals surface area contributed by atoms with E-state index in [1.807, 2.05) is 24.3 Å². The van der Waals surface area contributed by atoms with Gasteiger partial charge in [0.05, 0.1) is 20.1 Å². The molecule has 1 saturated heterocycles. The number of carbonyl (C=O) groups excluding carboxylic acids is 2. The topological polar surface area (TPSA) is 67.9 Å². The predicted molar refractivity (Wildman–Crippen MR) is 86.5 cm³/mol. The minimum atomic E-state index is -0.272. The summed E-state index contributed by atoms with van der Waals surface area (Å²) in [7, 11) is 1.60. The molecule has 0 saturated carbocycles. The van der Waals surface area contributed by atoms with Crippen molar-refractivity contribution in [1.29, 1.82) is 0 Å². The van der Waals surface area contributed by atoms with Crippen LogP contribution in [-0.4, -0.2) is 49.7 Å². The molecule has 1 aliphatic heterocycles. The van der Waals surface area contributed by atoms with Crippen molar-refractivity contribution < 1.29 is 19.1 Å². The molecule has 1 N–H and O–H groups in total. The zero-order valence-corrected chi connectivity index (χ0v) is 13.7. The van der Waals surface area contributed by atoms with Crippen LogP contribution in [0.25, 0.3) is 0 Å². The van der Waals surface area contributed by atoms with Crippen LogP contribution < -0.4 is 10.1 Å². The number of nitrogens with one attached hydrogen (secondary N) is 1. The van der Waals surface area contributed by atoms with Crippen molar-refractivity contribution in [2.75, 3.05) is 26.8 Å². The number of amides is 2. The summed E-state index contributed by atoms with van der Waals surface area (Å²) >= 11 is 0. The van der Waals surface area contributed by atoms with E-state index in [0.29, 0.717) is 26.1 Å². The maximum atomic E-state index is 12.2. The van der Waals surface area contributed by atoms with Gasteiger partial charge in [0.15, 0.2) is 0 Å². The summed E-state index contributed by atoms with van der Waals surface area (Å²) in [5.74, 6) is 0.698. The van der Waals surface area contributed by atoms with Gasteiger partial charge in [-0.3, -0.25) is 4.79 Å². The highest BCUT2D eigenvalue weighted by Crippen LogP contribution is 2.18. The summed E-state index contributed by atoms with van der Waals surface area (Å²) in [6, 6.07) is 7.61. The van der Waals surface area contributed by atoms with Gasteiger partial charge in [0.25, 0.3) is 0 Å². The van der Waals surface area contributed by atoms with E-state index < -0.39 is 0 Å². The van der Waals surface area contributed by atoms with Crippen LogP contribution in [0.4, 0.5) is 4.79 Å². The number of hydrogen-bond acceptors (Lipinski definition) is 4. The summed E-state index contributed by atoms with van der Waals surface area (Å²) in [4.78, 5) is 25.5. The maximum Gasteiger partial charge on any atom is 0.409 e. The molecule has 126 valence electrons. The summed E-state index contributed by atoms with van der Waals surface area (Å²) in [5.41, 5.74) is 0.872. The molecule has 2 amide bonds. The Balaban J connectivity index is 1.80. The molecule has 1 fully saturated rings. The third kappa shape index (κ3) is 4.87. The molecule has 1 aromatic carbocycles. The number of piperidine rings is 1. The van der Waals surface area contributed by atoms with Crippen LogP contribution in [0.1, 0.15) is 25.3 Å². The van der Waals surface area contributed by atoms with Gasteiger partial charge in [-0.2, -0.15) is 0 Å². The van der Waals surface area contributed by atoms with Crippen molar-refractivity contribution in [3.8, 4) is 5.75 Å². The van der Waals surface area contributed by atoms with E-state index in [1.165, 1.54) is 0 Å². The second-order valence-corrected chi connectivity index (χ2v) is 5.52. The number of rotatable bonds is 5. The van der Waals surface area contributed by atoms with Crippen molar-refractivity contribution in [1.82, 2.24) is 10.2 Å². The molecule has 0 radical (unpaired) electrons. The molecular formula is C17H24N2O4. The molecule has 6 nitrogen and oxygen atoms in total. The van der Waals surface area contributed by atoms with Crippen LogP contribution in [0.3, 0.4) is 0 Å². The first-order chi connectivity index (χ1) is 11.1. The smallest absolute Gasteiger partial charge is 0.409 e. The highest BCUT2D eigenvalue weighted by Gasteiger charge is 2.24. The van der Waals surface area contributed by atoms with Crippen LogP contribution in [0.15, 0.2) is 24.3 Å². The predicted octanol–water partition coefficient (Wildman–Crippen LogP) is 1.97. The fourth-order valence-electron chi connectivity index (χ4n) is 2.72. The highest BCUT2D eigenvalue weighted by molar-refractivity contribution is 5.79. The molecule has 1 aromatic rings. The van der Waals surface area contributed by atoms with Crippen LogP contribution >= 0.6 is 0 Å². The average molecular weight is 320 g/mol. The number of hydrogen-bond donors (Lipinski definition) is 1. The lowest BCUT2D eigenvalue weighted by Crippen LogP contribution is -2.47. The summed E-state index contributed by atoms with van der Waals surface area (Å²) in [6.45, 7) is 3.40. The first kappa shape index (κ1) is 17.1. The number of ether oxygens (including phenoxy) is 2. The summed E-state index contributed by atoms with van der Waals surface area (Å²) in [6.07, 6.45) is 1.51. The monoisotopic (exact) mass is 320 g/mol. The minimum Gasteiger partial charge on any atom is -0.496 e. The number of nitrogens with zero attached hydrogens (tertiary/aromatic N) is 1. The second-order valence-electron chi connectivity index (χ2n) is 5.52. The summed E-state index contributed by atoms with van der Waals surface area (Å²) < 4.78 is 10.2. The van der Waals surface area contributed by atoms with Gasteiger partial charge in [0, 0.05) is 24.7 Å². The molecule has 6 heteroatoms. The Morgan fingerprint density at radius 3 is 2.61 bits per heavy atom. The zero-order valence-electron chi connectivity index (χ0n) is 13.7. The first-order valence-corrected chi connectivity index (χ1v) is 7.97. The van der Waals surface area contributed by atoms with Crippen LogP contribution in [0.5, 0.6) is 5.75 Å². The van der Waals surface area contributed by atoms with E-state index in [0.717, 1.165) is 24.2 Å². The SMILES string of the molecule is CCOC(=O)N1CCC(NC(=O)Cc2ccccc2OC)CC1. The molecule has 1 heterocycles. The molecule has 0 bridgehead atoms. The largest absolute Gasteiger partial charge is 0.496 e. The van der Waals surface area contributed by atoms with E-state index in [2.05, 4.69) is 5.32 Å². The normalized spacial score (nSPS) is 15.1. The zero-order chi connectivity index (χ0) is 16.7. The Morgan fingerprint density at radius 1 is 1.26 bits per heavy atom. The molecule has 0 unspecified atom stereocenters. The maximum absolute atomic E-state index is 12.2. The molecule has 2 rings (SSSR count). The molecule has 23 heavy (non-hydrogen) atoms. The summed E-state index contributed by atoms with van der Waals surface area (Å²) in [5, 5.41) is 3.04. The van der Waals surface area contributed by atoms with Gasteiger partial charge in [-0.25, -0.2) is 4.79 Å². The van der Waals surface area contributed by atoms with E-state index >= 15 is 0 Å². The van der Waals surface area contributed by atoms with E-state index in [1.54, 1.807) is 18.9 Å². The molecular weight excluding hydrogens is 296 g/mol. The van der Waals surface area contributed by atoms with Crippen molar-refractivity contribution in [2.45, 2.75) is 32.2 Å². The lowest BCUT2D eigenvalue weighted by atomic mass is 10.0. The molecule has 0 aromatic heterocycles. The minimum absolute atomic E-state index is 0.0240. The molecule has 0 spiro atoms. The lowest BCUT2D eigenvalue weighted by molar-refractivity contribution is -0.121. The molecule has 1 aliphatic rings. The Kier molecular flexibility index (Phi) is 6.26. The fourth-order valence-corrected chi connectivity index (χ4v) is 2.72. The van der Waals surface area contributed by atoms with Gasteiger partial charge in [-0.05, 0) is 25.8 Å². The number of para-hydroxylation sites is 1. The van der Waals surface area contributed by atoms with E-state index in [-0.39, 0.29) is 18.0 Å². The molecule has 0 atom stereocenters. The van der Waals surface area contributed by atoms with E-state index in [9.17, 15) is 9.59 Å². The van der Waals surface area contributed by atoms with Crippen molar-refractivity contribution in [3.05, 3.63) is 29.8 Å². The number of benzene rings is 1. The second kappa shape index (κ2) is 8.41. The average Bonchev–Trinajstić information content (AvgIpc) is 2.56. The highest BCUT2D eigenvalue weighted by atomic mass is 16.6. The Bertz CT molecular complexity index is 539. The standard InChI is InChI=1S/C17H24N2O4/c1-3-23-17(21)19-10-8-14(9-11-19)18-16(20)12-13-6-4-5-7-15(13)22-2/h4-7,14H,3,8-12H2,1-2H3,(H,18,20). The van der Waals surface area contributed by atoms with Crippen molar-refractivity contribution >= 4 is 12.0 Å². The van der Waals surface area contributed by atoms with Crippen LogP contribution in [0.2, 0.25) is 0 Å². The fraction of sp³-hybridized carbons (Fsp3) is 0.529. The lowest BCUT2D eigenvalue weighted by Gasteiger charge is -2.31. The first-order valence-electron chi connectivity index (χ1n) is 7.97. The molecule has 0 aliphatic carbocycles. The Hall–Kier alpha value is -2.24. The van der Waals surface area contributed by atoms with Gasteiger partial charge in [0.2, 0.25) is 5.91 Å². The van der Waals surface area contributed by atoms with Gasteiger partial charge >= 0.3 is 6.09 Å². The van der Waals surface area contributed by atoms with Gasteiger partial charge in [-0.15, -0.1) is 0 Å². The van der Waals surface area contributed by atoms with Crippen molar-refractivity contribution in [3.63, 3.8) is 0 Å². The number of carbonyl (C=O) groups is 2. The third-order valence-corrected chi connectivity index (χ3v) is 3.93. The van der Waals surface area contributed by atoms with Gasteiger partial charge < -0.3 is 19.7 Å². The Morgan fingerprint density at radius 2 is 1.96 bits per heavy atom. The van der Waals surface area contributed by atoms with Crippen molar-refractivity contribution in [2.24, 2.45) is 0 Å².